The maximum Gasteiger partial charge on any atom is 0.290 e. The Morgan fingerprint density at radius 1 is 1.35 bits per heavy atom. The number of nitrogens with one attached hydrogen (secondary N) is 1. The van der Waals surface area contributed by atoms with Gasteiger partial charge in [0.1, 0.15) is 17.7 Å². The number of nitrogens with zero attached hydrogens (tertiary/aromatic N) is 3. The van der Waals surface area contributed by atoms with Crippen LogP contribution in [0.5, 0.6) is 0 Å². The predicted molar refractivity (Wildman–Crippen MR) is 96.8 cm³/mol. The van der Waals surface area contributed by atoms with Crippen molar-refractivity contribution >= 4 is 40.8 Å². The van der Waals surface area contributed by atoms with Gasteiger partial charge in [-0.1, -0.05) is 23.9 Å². The second-order valence-corrected chi connectivity index (χ2v) is 6.70. The summed E-state index contributed by atoms with van der Waals surface area (Å²) in [5, 5.41) is 29.8. The molecule has 0 aliphatic heterocycles. The Hall–Kier alpha value is -3.08. The van der Waals surface area contributed by atoms with E-state index >= 15 is 0 Å². The second-order valence-electron chi connectivity index (χ2n) is 4.89. The van der Waals surface area contributed by atoms with Gasteiger partial charge in [0.05, 0.1) is 15.6 Å². The zero-order chi connectivity index (χ0) is 19.3. The number of nitrogen functional groups attached to an aromatic ring is 1. The third-order valence-electron chi connectivity index (χ3n) is 3.35. The number of nitrogens with two attached hydrogens (primary N) is 1. The van der Waals surface area contributed by atoms with Crippen molar-refractivity contribution in [3.05, 3.63) is 51.1 Å². The quantitative estimate of drug-likeness (QED) is 0.344. The molecule has 3 N–H and O–H groups in total. The number of carbonyl (C=O) groups is 1. The number of nitro groups is 1. The maximum atomic E-state index is 12.3. The van der Waals surface area contributed by atoms with Crippen molar-refractivity contribution in [2.45, 2.75) is 9.92 Å². The molecule has 0 bridgehead atoms. The van der Waals surface area contributed by atoms with Crippen LogP contribution in [0.4, 0.5) is 11.5 Å². The molecule has 0 aliphatic rings. The predicted octanol–water partition coefficient (Wildman–Crippen LogP) is 2.43. The number of anilines is 1. The van der Waals surface area contributed by atoms with Gasteiger partial charge >= 0.3 is 0 Å². The number of non-ortho nitro benzene ring substituents is 1. The van der Waals surface area contributed by atoms with Gasteiger partial charge in [-0.25, -0.2) is 4.98 Å². The Morgan fingerprint density at radius 2 is 2.04 bits per heavy atom. The minimum atomic E-state index is -0.572. The number of rotatable bonds is 6. The minimum absolute atomic E-state index is 0.0501. The molecule has 10 heteroatoms. The lowest BCUT2D eigenvalue weighted by molar-refractivity contribution is -0.410. The zero-order valence-electron chi connectivity index (χ0n) is 13.5. The van der Waals surface area contributed by atoms with Gasteiger partial charge in [-0.3, -0.25) is 20.6 Å². The molecule has 0 fully saturated rings. The average molecular weight is 386 g/mol. The highest BCUT2D eigenvalue weighted by Crippen LogP contribution is 2.31. The number of hydrogen-bond donors (Lipinski definition) is 1. The summed E-state index contributed by atoms with van der Waals surface area (Å²) in [7, 11) is 0. The van der Waals surface area contributed by atoms with Crippen molar-refractivity contribution in [3.8, 4) is 12.1 Å². The smallest absolute Gasteiger partial charge is 0.290 e. The van der Waals surface area contributed by atoms with Gasteiger partial charge in [0.15, 0.2) is 16.4 Å². The number of nitriles is 2. The van der Waals surface area contributed by atoms with Crippen molar-refractivity contribution in [3.63, 3.8) is 0 Å². The topological polar surface area (TPSA) is 148 Å². The zero-order valence-corrected chi connectivity index (χ0v) is 15.1. The standard InChI is InChI=1S/C16H11N5O3S2/c1-25-14-11(6-17)15(19)20-16(12(14)7-18)26-8-13(22)9-3-2-4-10(5-9)21(23)24/h2-5H,8H2,1H3,(H2,19,20)/p+1. The van der Waals surface area contributed by atoms with E-state index in [2.05, 4.69) is 4.98 Å². The Balaban J connectivity index is 2.30. The molecule has 1 aromatic heterocycles. The Bertz CT molecular complexity index is 979. The number of H-pyrrole nitrogens is 1. The molecule has 0 unspecified atom stereocenters. The molecule has 26 heavy (non-hydrogen) atoms. The molecule has 0 aliphatic carbocycles. The van der Waals surface area contributed by atoms with Crippen molar-refractivity contribution in [2.24, 2.45) is 0 Å². The number of carbonyl (C=O) groups excluding carboxylic acids is 1. The summed E-state index contributed by atoms with van der Waals surface area (Å²) in [6.45, 7) is 0. The molecule has 2 aromatic rings. The number of nitro benzene ring substituents is 1. The summed E-state index contributed by atoms with van der Waals surface area (Å²) in [6, 6.07) is 9.42. The third kappa shape index (κ3) is 3.94. The summed E-state index contributed by atoms with van der Waals surface area (Å²) < 4.78 is 0. The lowest BCUT2D eigenvalue weighted by atomic mass is 10.1. The van der Waals surface area contributed by atoms with Gasteiger partial charge < -0.3 is 0 Å². The summed E-state index contributed by atoms with van der Waals surface area (Å²) in [5.74, 6) is -0.267. The number of pyridine rings is 1. The number of ketones is 1. The molecular weight excluding hydrogens is 374 g/mol. The minimum Gasteiger partial charge on any atom is -0.293 e. The van der Waals surface area contributed by atoms with E-state index in [4.69, 9.17) is 5.73 Å². The van der Waals surface area contributed by atoms with E-state index in [9.17, 15) is 25.4 Å². The lowest BCUT2D eigenvalue weighted by Crippen LogP contribution is -2.19. The van der Waals surface area contributed by atoms with Gasteiger partial charge in [-0.05, 0) is 6.26 Å². The molecule has 0 atom stereocenters. The summed E-state index contributed by atoms with van der Waals surface area (Å²) in [4.78, 5) is 25.8. The van der Waals surface area contributed by atoms with E-state index in [1.165, 1.54) is 36.0 Å². The molecular formula is C16H12N5O3S2+. The van der Waals surface area contributed by atoms with Crippen LogP contribution in [0.15, 0.2) is 34.2 Å². The van der Waals surface area contributed by atoms with E-state index in [0.717, 1.165) is 11.8 Å². The van der Waals surface area contributed by atoms with Crippen LogP contribution in [0, 0.1) is 32.8 Å². The first-order valence-electron chi connectivity index (χ1n) is 7.06. The van der Waals surface area contributed by atoms with Crippen LogP contribution in [0.2, 0.25) is 0 Å². The number of Topliss-reactive ketones (excluding diaryl/α,β-unsaturated/α-hetero) is 1. The molecule has 0 amide bonds. The fourth-order valence-electron chi connectivity index (χ4n) is 2.14. The van der Waals surface area contributed by atoms with E-state index in [0.29, 0.717) is 9.92 Å². The summed E-state index contributed by atoms with van der Waals surface area (Å²) >= 11 is 2.27. The Morgan fingerprint density at radius 3 is 2.62 bits per heavy atom. The molecule has 0 spiro atoms. The van der Waals surface area contributed by atoms with Crippen LogP contribution in [-0.4, -0.2) is 22.7 Å². The first-order valence-corrected chi connectivity index (χ1v) is 9.27. The van der Waals surface area contributed by atoms with E-state index in [1.54, 1.807) is 6.26 Å². The van der Waals surface area contributed by atoms with Crippen LogP contribution in [0.1, 0.15) is 21.5 Å². The van der Waals surface area contributed by atoms with Crippen molar-refractivity contribution < 1.29 is 14.7 Å². The van der Waals surface area contributed by atoms with Crippen LogP contribution < -0.4 is 10.7 Å². The highest BCUT2D eigenvalue weighted by Gasteiger charge is 2.23. The SMILES string of the molecule is CSc1c(C#N)c(N)[nH+]c(SCC(=O)c2cccc([N+](=O)[O-])c2)c1C#N. The monoisotopic (exact) mass is 386 g/mol. The van der Waals surface area contributed by atoms with Gasteiger partial charge in [-0.2, -0.15) is 10.5 Å². The average Bonchev–Trinajstić information content (AvgIpc) is 2.65. The molecule has 0 saturated carbocycles. The number of aromatic nitrogens is 1. The highest BCUT2D eigenvalue weighted by atomic mass is 32.2. The first-order chi connectivity index (χ1) is 12.4. The molecule has 8 nitrogen and oxygen atoms in total. The van der Waals surface area contributed by atoms with Crippen LogP contribution in [0.3, 0.4) is 0 Å². The van der Waals surface area contributed by atoms with Crippen LogP contribution >= 0.6 is 23.5 Å². The lowest BCUT2D eigenvalue weighted by Gasteiger charge is -2.07. The molecule has 1 heterocycles. The molecule has 130 valence electrons. The highest BCUT2D eigenvalue weighted by molar-refractivity contribution is 8.00. The van der Waals surface area contributed by atoms with Crippen molar-refractivity contribution in [1.82, 2.24) is 0 Å². The fourth-order valence-corrected chi connectivity index (χ4v) is 3.83. The van der Waals surface area contributed by atoms with Gasteiger partial charge in [-0.15, -0.1) is 11.8 Å². The molecule has 0 radical (unpaired) electrons. The Labute approximate surface area is 157 Å². The maximum absolute atomic E-state index is 12.3. The van der Waals surface area contributed by atoms with E-state index in [1.807, 2.05) is 12.1 Å². The molecule has 2 rings (SSSR count). The van der Waals surface area contributed by atoms with Gasteiger partial charge in [0.2, 0.25) is 0 Å². The largest absolute Gasteiger partial charge is 0.293 e. The van der Waals surface area contributed by atoms with Gasteiger partial charge in [0.25, 0.3) is 11.5 Å². The fraction of sp³-hybridized carbons (Fsp3) is 0.125. The normalized spacial score (nSPS) is 9.96. The van der Waals surface area contributed by atoms with Crippen molar-refractivity contribution in [1.29, 1.82) is 10.5 Å². The van der Waals surface area contributed by atoms with Crippen LogP contribution in [0.25, 0.3) is 0 Å². The number of aromatic amines is 1. The number of thioether (sulfide) groups is 2. The summed E-state index contributed by atoms with van der Waals surface area (Å²) in [6.07, 6.45) is 1.72. The summed E-state index contributed by atoms with van der Waals surface area (Å²) in [5.41, 5.74) is 6.28. The molecule has 1 aromatic carbocycles. The second kappa shape index (κ2) is 8.34. The third-order valence-corrected chi connectivity index (χ3v) is 5.17. The number of benzene rings is 1. The number of hydrogen-bond acceptors (Lipinski definition) is 8. The van der Waals surface area contributed by atoms with E-state index in [-0.39, 0.29) is 39.7 Å². The molecule has 0 saturated heterocycles. The first kappa shape index (κ1) is 19.2. The van der Waals surface area contributed by atoms with Crippen LogP contribution in [-0.2, 0) is 0 Å². The van der Waals surface area contributed by atoms with Gasteiger partial charge in [0, 0.05) is 17.7 Å². The Kier molecular flexibility index (Phi) is 6.17. The van der Waals surface area contributed by atoms with Crippen molar-refractivity contribution in [2.75, 3.05) is 17.7 Å². The van der Waals surface area contributed by atoms with E-state index < -0.39 is 4.92 Å².